The number of nitrogens with zero attached hydrogens (tertiary/aromatic N) is 6. The largest absolute Gasteiger partial charge is 0.478 e. The summed E-state index contributed by atoms with van der Waals surface area (Å²) in [5, 5.41) is 22.7. The van der Waals surface area contributed by atoms with E-state index < -0.39 is 5.97 Å². The Balaban J connectivity index is 1.31. The molecule has 206 valence electrons. The maximum Gasteiger partial charge on any atom is 0.339 e. The molecule has 1 aliphatic carbocycles. The monoisotopic (exact) mass is 538 g/mol. The molecule has 1 saturated heterocycles. The van der Waals surface area contributed by atoms with Crippen LogP contribution in [-0.2, 0) is 7.05 Å². The number of aromatic nitrogens is 5. The van der Waals surface area contributed by atoms with Crippen LogP contribution in [0.1, 0.15) is 89.4 Å². The van der Waals surface area contributed by atoms with Gasteiger partial charge < -0.3 is 10.0 Å². The first-order valence-electron chi connectivity index (χ1n) is 14.1. The minimum Gasteiger partial charge on any atom is -0.478 e. The van der Waals surface area contributed by atoms with Crippen molar-refractivity contribution in [2.45, 2.75) is 63.3 Å². The Hall–Kier alpha value is -4.27. The van der Waals surface area contributed by atoms with Gasteiger partial charge in [0.25, 0.3) is 5.91 Å². The molecule has 2 aliphatic rings. The first-order chi connectivity index (χ1) is 19.4. The number of amides is 1. The number of aryl methyl sites for hydroxylation is 1. The summed E-state index contributed by atoms with van der Waals surface area (Å²) in [5.74, 6) is -0.789. The molecular weight excluding hydrogens is 504 g/mol. The summed E-state index contributed by atoms with van der Waals surface area (Å²) in [6, 6.07) is 16.0. The number of rotatable bonds is 8. The predicted molar refractivity (Wildman–Crippen MR) is 151 cm³/mol. The zero-order valence-electron chi connectivity index (χ0n) is 22.9. The van der Waals surface area contributed by atoms with E-state index in [1.807, 2.05) is 61.8 Å². The van der Waals surface area contributed by atoms with Gasteiger partial charge in [-0.3, -0.25) is 9.48 Å². The van der Waals surface area contributed by atoms with Crippen LogP contribution in [0.4, 0.5) is 0 Å². The van der Waals surface area contributed by atoms with Gasteiger partial charge in [0, 0.05) is 43.2 Å². The second-order valence-electron chi connectivity index (χ2n) is 11.0. The summed E-state index contributed by atoms with van der Waals surface area (Å²) >= 11 is 0. The topological polar surface area (TPSA) is 106 Å². The Kier molecular flexibility index (Phi) is 6.96. The van der Waals surface area contributed by atoms with Gasteiger partial charge in [0.1, 0.15) is 5.56 Å². The fraction of sp³-hybridized carbons (Fsp3) is 0.387. The third kappa shape index (κ3) is 4.92. The van der Waals surface area contributed by atoms with Gasteiger partial charge in [0.2, 0.25) is 0 Å². The SMILES string of the molecule is CCCC1CCCCN1C(=O)c1cccc(-c2cccc(-n3ncc(C(=O)O)c3C3CC3c3cn(C)nn3)c2)c1. The van der Waals surface area contributed by atoms with Crippen molar-refractivity contribution in [1.29, 1.82) is 0 Å². The van der Waals surface area contributed by atoms with Crippen LogP contribution in [0, 0.1) is 0 Å². The van der Waals surface area contributed by atoms with Gasteiger partial charge >= 0.3 is 5.97 Å². The molecule has 0 spiro atoms. The first kappa shape index (κ1) is 26.0. The summed E-state index contributed by atoms with van der Waals surface area (Å²) in [5.41, 5.74) is 5.10. The quantitative estimate of drug-likeness (QED) is 0.321. The zero-order valence-corrected chi connectivity index (χ0v) is 22.9. The van der Waals surface area contributed by atoms with Gasteiger partial charge in [0.05, 0.1) is 23.3 Å². The van der Waals surface area contributed by atoms with Crippen LogP contribution in [0.3, 0.4) is 0 Å². The molecule has 1 amide bonds. The van der Waals surface area contributed by atoms with Crippen LogP contribution in [0.5, 0.6) is 0 Å². The Bertz CT molecular complexity index is 1550. The number of hydrogen-bond donors (Lipinski definition) is 1. The average Bonchev–Trinajstić information content (AvgIpc) is 3.41. The van der Waals surface area contributed by atoms with Gasteiger partial charge in [-0.2, -0.15) is 5.10 Å². The zero-order chi connectivity index (χ0) is 27.8. The van der Waals surface area contributed by atoms with Crippen LogP contribution in [0.15, 0.2) is 60.9 Å². The number of benzene rings is 2. The van der Waals surface area contributed by atoms with Crippen molar-refractivity contribution in [2.75, 3.05) is 6.54 Å². The van der Waals surface area contributed by atoms with Crippen LogP contribution in [0.2, 0.25) is 0 Å². The number of carboxylic acids is 1. The van der Waals surface area contributed by atoms with E-state index in [1.54, 1.807) is 9.36 Å². The summed E-state index contributed by atoms with van der Waals surface area (Å²) in [4.78, 5) is 27.7. The van der Waals surface area contributed by atoms with Crippen LogP contribution in [-0.4, -0.2) is 59.2 Å². The van der Waals surface area contributed by atoms with Crippen LogP contribution in [0.25, 0.3) is 16.8 Å². The highest BCUT2D eigenvalue weighted by atomic mass is 16.4. The molecule has 2 aromatic heterocycles. The molecule has 40 heavy (non-hydrogen) atoms. The molecule has 1 aliphatic heterocycles. The van der Waals surface area contributed by atoms with Crippen molar-refractivity contribution in [3.8, 4) is 16.8 Å². The number of carboxylic acid groups (broad SMARTS) is 1. The van der Waals surface area contributed by atoms with E-state index >= 15 is 0 Å². The Morgan fingerprint density at radius 3 is 2.60 bits per heavy atom. The molecule has 6 rings (SSSR count). The molecule has 1 N–H and O–H groups in total. The number of likely N-dealkylation sites (tertiary alicyclic amines) is 1. The van der Waals surface area contributed by atoms with Crippen molar-refractivity contribution < 1.29 is 14.7 Å². The van der Waals surface area contributed by atoms with E-state index in [4.69, 9.17) is 0 Å². The second kappa shape index (κ2) is 10.7. The number of carbonyl (C=O) groups excluding carboxylic acids is 1. The second-order valence-corrected chi connectivity index (χ2v) is 11.0. The van der Waals surface area contributed by atoms with E-state index in [9.17, 15) is 14.7 Å². The van der Waals surface area contributed by atoms with Crippen LogP contribution < -0.4 is 0 Å². The van der Waals surface area contributed by atoms with E-state index in [1.165, 1.54) is 12.6 Å². The maximum atomic E-state index is 13.5. The van der Waals surface area contributed by atoms with E-state index in [0.717, 1.165) is 61.2 Å². The molecule has 0 bridgehead atoms. The summed E-state index contributed by atoms with van der Waals surface area (Å²) in [7, 11) is 1.82. The summed E-state index contributed by atoms with van der Waals surface area (Å²) < 4.78 is 3.41. The van der Waals surface area contributed by atoms with Gasteiger partial charge in [-0.1, -0.05) is 42.8 Å². The number of aromatic carboxylic acids is 1. The lowest BCUT2D eigenvalue weighted by atomic mass is 9.96. The van der Waals surface area contributed by atoms with Crippen molar-refractivity contribution in [1.82, 2.24) is 29.7 Å². The fourth-order valence-electron chi connectivity index (χ4n) is 6.16. The Morgan fingerprint density at radius 1 is 1.05 bits per heavy atom. The summed E-state index contributed by atoms with van der Waals surface area (Å²) in [6.45, 7) is 2.99. The number of hydrogen-bond acceptors (Lipinski definition) is 5. The molecule has 3 atom stereocenters. The molecule has 9 nitrogen and oxygen atoms in total. The molecule has 2 fully saturated rings. The highest BCUT2D eigenvalue weighted by molar-refractivity contribution is 5.96. The molecule has 1 saturated carbocycles. The third-order valence-electron chi connectivity index (χ3n) is 8.22. The molecule has 9 heteroatoms. The highest BCUT2D eigenvalue weighted by Gasteiger charge is 2.46. The van der Waals surface area contributed by atoms with Crippen molar-refractivity contribution in [3.05, 3.63) is 83.4 Å². The first-order valence-corrected chi connectivity index (χ1v) is 14.1. The maximum absolute atomic E-state index is 13.5. The fourth-order valence-corrected chi connectivity index (χ4v) is 6.16. The van der Waals surface area contributed by atoms with E-state index in [0.29, 0.717) is 17.3 Å². The molecule has 3 heterocycles. The molecule has 3 unspecified atom stereocenters. The minimum atomic E-state index is -0.993. The van der Waals surface area contributed by atoms with Gasteiger partial charge in [0.15, 0.2) is 0 Å². The lowest BCUT2D eigenvalue weighted by molar-refractivity contribution is 0.0600. The highest BCUT2D eigenvalue weighted by Crippen LogP contribution is 2.55. The van der Waals surface area contributed by atoms with E-state index in [-0.39, 0.29) is 23.3 Å². The standard InChI is InChI=1S/C31H34N6O3/c1-3-8-23-12-4-5-14-36(23)30(38)22-11-6-9-20(15-22)21-10-7-13-24(16-21)37-29(27(18-32-37)31(39)40)26-17-25(26)28-19-35(2)34-33-28/h6-7,9-11,13,15-16,18-19,23,25-26H,3-5,8,12,14,17H2,1-2H3,(H,39,40). The lowest BCUT2D eigenvalue weighted by Gasteiger charge is -2.36. The van der Waals surface area contributed by atoms with Crippen molar-refractivity contribution in [2.24, 2.45) is 7.05 Å². The Labute approximate surface area is 233 Å². The molecule has 0 radical (unpaired) electrons. The Morgan fingerprint density at radius 2 is 1.85 bits per heavy atom. The van der Waals surface area contributed by atoms with Crippen LogP contribution >= 0.6 is 0 Å². The van der Waals surface area contributed by atoms with Crippen molar-refractivity contribution >= 4 is 11.9 Å². The van der Waals surface area contributed by atoms with Gasteiger partial charge in [-0.15, -0.1) is 5.10 Å². The summed E-state index contributed by atoms with van der Waals surface area (Å²) in [6.07, 6.45) is 9.53. The smallest absolute Gasteiger partial charge is 0.339 e. The normalized spacial score (nSPS) is 20.4. The molecule has 2 aromatic carbocycles. The average molecular weight is 539 g/mol. The van der Waals surface area contributed by atoms with Gasteiger partial charge in [-0.25, -0.2) is 9.48 Å². The van der Waals surface area contributed by atoms with Crippen molar-refractivity contribution in [3.63, 3.8) is 0 Å². The third-order valence-corrected chi connectivity index (χ3v) is 8.22. The van der Waals surface area contributed by atoms with E-state index in [2.05, 4.69) is 27.2 Å². The lowest BCUT2D eigenvalue weighted by Crippen LogP contribution is -2.43. The molecular formula is C31H34N6O3. The number of carbonyl (C=O) groups is 2. The minimum absolute atomic E-state index is 0.00415. The van der Waals surface area contributed by atoms with Gasteiger partial charge in [-0.05, 0) is 67.5 Å². The number of piperidine rings is 1. The predicted octanol–water partition coefficient (Wildman–Crippen LogP) is 5.43. The molecule has 4 aromatic rings.